The van der Waals surface area contributed by atoms with E-state index >= 15 is 0 Å². The summed E-state index contributed by atoms with van der Waals surface area (Å²) in [4.78, 5) is 26.9. The molecule has 2 heterocycles. The highest BCUT2D eigenvalue weighted by Crippen LogP contribution is 2.60. The molecule has 2 saturated heterocycles. The molecule has 198 valence electrons. The van der Waals surface area contributed by atoms with Crippen LogP contribution in [0.15, 0.2) is 48.5 Å². The van der Waals surface area contributed by atoms with Crippen molar-refractivity contribution in [3.63, 3.8) is 0 Å². The van der Waals surface area contributed by atoms with Crippen molar-refractivity contribution in [2.24, 2.45) is 23.7 Å². The Labute approximate surface area is 219 Å². The normalized spacial score (nSPS) is 23.7. The fourth-order valence-electron chi connectivity index (χ4n) is 6.67. The van der Waals surface area contributed by atoms with E-state index in [0.29, 0.717) is 39.3 Å². The van der Waals surface area contributed by atoms with Gasteiger partial charge in [0.05, 0.1) is 25.0 Å². The molecule has 37 heavy (non-hydrogen) atoms. The van der Waals surface area contributed by atoms with Gasteiger partial charge >= 0.3 is 11.9 Å². The summed E-state index contributed by atoms with van der Waals surface area (Å²) in [7, 11) is 0. The van der Waals surface area contributed by atoms with Crippen LogP contribution in [0.3, 0.4) is 0 Å². The predicted molar refractivity (Wildman–Crippen MR) is 140 cm³/mol. The average Bonchev–Trinajstić information content (AvgIpc) is 3.84. The van der Waals surface area contributed by atoms with Crippen molar-refractivity contribution in [2.45, 2.75) is 58.2 Å². The zero-order valence-corrected chi connectivity index (χ0v) is 22.3. The quantitative estimate of drug-likeness (QED) is 0.292. The molecule has 2 aromatic rings. The minimum absolute atomic E-state index is 0.0206. The van der Waals surface area contributed by atoms with Gasteiger partial charge in [0, 0.05) is 5.41 Å². The van der Waals surface area contributed by atoms with Gasteiger partial charge in [0.2, 0.25) is 0 Å². The number of esters is 2. The zero-order valence-electron chi connectivity index (χ0n) is 22.3. The molecule has 1 aliphatic carbocycles. The van der Waals surface area contributed by atoms with Crippen LogP contribution < -0.4 is 0 Å². The highest BCUT2D eigenvalue weighted by atomic mass is 16.6. The number of epoxide rings is 2. The van der Waals surface area contributed by atoms with E-state index in [1.54, 1.807) is 0 Å². The van der Waals surface area contributed by atoms with Crippen LogP contribution in [0.1, 0.15) is 51.7 Å². The summed E-state index contributed by atoms with van der Waals surface area (Å²) < 4.78 is 22.0. The molecule has 6 heteroatoms. The topological polar surface area (TPSA) is 77.7 Å². The summed E-state index contributed by atoms with van der Waals surface area (Å²) in [5.41, 5.74) is 4.11. The monoisotopic (exact) mass is 506 g/mol. The van der Waals surface area contributed by atoms with Crippen molar-refractivity contribution in [3.05, 3.63) is 59.7 Å². The molecule has 3 aliphatic rings. The maximum atomic E-state index is 13.5. The third kappa shape index (κ3) is 4.70. The fraction of sp³-hybridized carbons (Fsp3) is 0.548. The van der Waals surface area contributed by atoms with Gasteiger partial charge in [-0.15, -0.1) is 0 Å². The van der Waals surface area contributed by atoms with E-state index in [-0.39, 0.29) is 47.8 Å². The first-order valence-electron chi connectivity index (χ1n) is 13.7. The zero-order chi connectivity index (χ0) is 26.2. The Morgan fingerprint density at radius 1 is 0.784 bits per heavy atom. The van der Waals surface area contributed by atoms with Crippen LogP contribution in [-0.2, 0) is 34.0 Å². The summed E-state index contributed by atoms with van der Waals surface area (Å²) in [6, 6.07) is 16.9. The van der Waals surface area contributed by atoms with Crippen LogP contribution in [0.5, 0.6) is 0 Å². The summed E-state index contributed by atoms with van der Waals surface area (Å²) in [5, 5.41) is 0. The van der Waals surface area contributed by atoms with Crippen molar-refractivity contribution in [1.29, 1.82) is 0 Å². The Balaban J connectivity index is 1.59. The average molecular weight is 507 g/mol. The highest BCUT2D eigenvalue weighted by Gasteiger charge is 2.56. The second-order valence-electron chi connectivity index (χ2n) is 10.7. The van der Waals surface area contributed by atoms with Crippen molar-refractivity contribution in [2.75, 3.05) is 26.4 Å². The summed E-state index contributed by atoms with van der Waals surface area (Å²) in [5.74, 6) is -1.32. The van der Waals surface area contributed by atoms with Gasteiger partial charge in [0.25, 0.3) is 0 Å². The SMILES string of the molecule is CCC(C(=O)OCC1CO1)C(C)C1(C(C)C(CC)C(=O)OCC2CO2)c2ccccc2-c2ccccc21. The van der Waals surface area contributed by atoms with Crippen molar-refractivity contribution in [3.8, 4) is 11.1 Å². The van der Waals surface area contributed by atoms with Crippen molar-refractivity contribution < 1.29 is 28.5 Å². The van der Waals surface area contributed by atoms with Crippen molar-refractivity contribution in [1.82, 2.24) is 0 Å². The van der Waals surface area contributed by atoms with Crippen LogP contribution in [0.4, 0.5) is 0 Å². The van der Waals surface area contributed by atoms with E-state index in [1.165, 1.54) is 22.3 Å². The third-order valence-electron chi connectivity index (χ3n) is 8.79. The maximum Gasteiger partial charge on any atom is 0.309 e. The lowest BCUT2D eigenvalue weighted by Crippen LogP contribution is -2.49. The second-order valence-corrected chi connectivity index (χ2v) is 10.7. The third-order valence-corrected chi connectivity index (χ3v) is 8.79. The standard InChI is InChI=1S/C31H38O6/c1-5-23(29(32)36-17-21-15-34-21)19(3)31(20(4)24(6-2)30(33)37-18-22-16-35-22)27-13-9-7-11-25(27)26-12-8-10-14-28(26)31/h7-14,19-24H,5-6,15-18H2,1-4H3. The van der Waals surface area contributed by atoms with Gasteiger partial charge in [-0.2, -0.15) is 0 Å². The number of hydrogen-bond donors (Lipinski definition) is 0. The minimum atomic E-state index is -0.571. The first-order chi connectivity index (χ1) is 17.9. The molecule has 2 fully saturated rings. The maximum absolute atomic E-state index is 13.5. The molecule has 0 aromatic heterocycles. The number of benzene rings is 2. The molecule has 0 spiro atoms. The smallest absolute Gasteiger partial charge is 0.309 e. The first kappa shape index (κ1) is 25.9. The van der Waals surface area contributed by atoms with Crippen LogP contribution in [0.25, 0.3) is 11.1 Å². The largest absolute Gasteiger partial charge is 0.463 e. The van der Waals surface area contributed by atoms with Crippen LogP contribution in [0.2, 0.25) is 0 Å². The van der Waals surface area contributed by atoms with Gasteiger partial charge < -0.3 is 18.9 Å². The molecular formula is C31H38O6. The summed E-state index contributed by atoms with van der Waals surface area (Å²) in [6.07, 6.45) is 1.33. The number of carbonyl (C=O) groups is 2. The molecule has 6 nitrogen and oxygen atoms in total. The Hall–Kier alpha value is -2.70. The predicted octanol–water partition coefficient (Wildman–Crippen LogP) is 5.16. The van der Waals surface area contributed by atoms with E-state index in [2.05, 4.69) is 62.4 Å². The lowest BCUT2D eigenvalue weighted by atomic mass is 9.55. The Bertz CT molecular complexity index is 1040. The molecule has 0 bridgehead atoms. The fourth-order valence-corrected chi connectivity index (χ4v) is 6.67. The van der Waals surface area contributed by atoms with Crippen LogP contribution in [0, 0.1) is 23.7 Å². The Kier molecular flexibility index (Phi) is 7.42. The molecule has 2 aromatic carbocycles. The van der Waals surface area contributed by atoms with Gasteiger partial charge in [-0.3, -0.25) is 9.59 Å². The molecule has 2 aliphatic heterocycles. The van der Waals surface area contributed by atoms with E-state index in [1.807, 2.05) is 13.8 Å². The second kappa shape index (κ2) is 10.6. The van der Waals surface area contributed by atoms with Crippen LogP contribution >= 0.6 is 0 Å². The lowest BCUT2D eigenvalue weighted by molar-refractivity contribution is -0.154. The molecule has 0 saturated carbocycles. The summed E-state index contributed by atoms with van der Waals surface area (Å²) >= 11 is 0. The minimum Gasteiger partial charge on any atom is -0.463 e. The van der Waals surface area contributed by atoms with E-state index < -0.39 is 5.41 Å². The first-order valence-corrected chi connectivity index (χ1v) is 13.7. The number of ether oxygens (including phenoxy) is 4. The van der Waals surface area contributed by atoms with Crippen molar-refractivity contribution >= 4 is 11.9 Å². The van der Waals surface area contributed by atoms with Gasteiger partial charge in [-0.25, -0.2) is 0 Å². The van der Waals surface area contributed by atoms with Gasteiger partial charge in [-0.05, 0) is 46.9 Å². The van der Waals surface area contributed by atoms with Gasteiger partial charge in [0.15, 0.2) is 0 Å². The van der Waals surface area contributed by atoms with Crippen LogP contribution in [-0.4, -0.2) is 50.6 Å². The number of rotatable bonds is 12. The molecule has 6 unspecified atom stereocenters. The lowest BCUT2D eigenvalue weighted by Gasteiger charge is -2.47. The van der Waals surface area contributed by atoms with Gasteiger partial charge in [0.1, 0.15) is 25.4 Å². The number of hydrogen-bond acceptors (Lipinski definition) is 6. The molecule has 0 amide bonds. The number of fused-ring (bicyclic) bond motifs is 3. The Morgan fingerprint density at radius 2 is 1.16 bits per heavy atom. The molecular weight excluding hydrogens is 468 g/mol. The van der Waals surface area contributed by atoms with E-state index in [9.17, 15) is 9.59 Å². The molecule has 0 N–H and O–H groups in total. The molecule has 5 rings (SSSR count). The van der Waals surface area contributed by atoms with E-state index in [0.717, 1.165) is 0 Å². The highest BCUT2D eigenvalue weighted by molar-refractivity contribution is 5.83. The van der Waals surface area contributed by atoms with E-state index in [4.69, 9.17) is 18.9 Å². The number of carbonyl (C=O) groups excluding carboxylic acids is 2. The van der Waals surface area contributed by atoms with Gasteiger partial charge in [-0.1, -0.05) is 76.2 Å². The molecule has 0 radical (unpaired) electrons. The Morgan fingerprint density at radius 3 is 1.51 bits per heavy atom. The molecule has 6 atom stereocenters. The summed E-state index contributed by atoms with van der Waals surface area (Å²) in [6.45, 7) is 10.3.